The predicted octanol–water partition coefficient (Wildman–Crippen LogP) is 4.31. The van der Waals surface area contributed by atoms with Crippen LogP contribution in [0.4, 0.5) is 23.1 Å². The van der Waals surface area contributed by atoms with Gasteiger partial charge in [-0.1, -0.05) is 31.2 Å². The third kappa shape index (κ3) is 4.33. The number of para-hydroxylation sites is 1. The standard InChI is InChI=1S/C21H19N5O2S/c1-2-29(27,28)17-8-5-7-16(12-17)24-20-13-21(23-14-22-20)26-19-11-10-15-6-3-4-9-18(15)25-19/h3-14H,2H2,1H3,(H2,22,23,24,25,26). The fourth-order valence-electron chi connectivity index (χ4n) is 2.84. The normalized spacial score (nSPS) is 11.3. The zero-order chi connectivity index (χ0) is 20.3. The first-order chi connectivity index (χ1) is 14.0. The molecular formula is C21H19N5O2S. The lowest BCUT2D eigenvalue weighted by atomic mass is 10.2. The van der Waals surface area contributed by atoms with Crippen LogP contribution in [-0.4, -0.2) is 29.1 Å². The van der Waals surface area contributed by atoms with Crippen molar-refractivity contribution < 1.29 is 8.42 Å². The first-order valence-corrected chi connectivity index (χ1v) is 10.7. The smallest absolute Gasteiger partial charge is 0.178 e. The quantitative estimate of drug-likeness (QED) is 0.493. The number of benzene rings is 2. The van der Waals surface area contributed by atoms with Crippen LogP contribution in [0.3, 0.4) is 0 Å². The number of hydrogen-bond donors (Lipinski definition) is 2. The second-order valence-corrected chi connectivity index (χ2v) is 8.64. The monoisotopic (exact) mass is 405 g/mol. The molecule has 0 atom stereocenters. The van der Waals surface area contributed by atoms with Crippen LogP contribution >= 0.6 is 0 Å². The minimum Gasteiger partial charge on any atom is -0.340 e. The summed E-state index contributed by atoms with van der Waals surface area (Å²) < 4.78 is 24.2. The molecule has 2 heterocycles. The number of nitrogens with zero attached hydrogens (tertiary/aromatic N) is 3. The van der Waals surface area contributed by atoms with Crippen LogP contribution in [-0.2, 0) is 9.84 Å². The summed E-state index contributed by atoms with van der Waals surface area (Å²) in [5.41, 5.74) is 1.52. The Kier molecular flexibility index (Phi) is 5.09. The van der Waals surface area contributed by atoms with Gasteiger partial charge in [0.2, 0.25) is 0 Å². The van der Waals surface area contributed by atoms with Crippen molar-refractivity contribution in [2.45, 2.75) is 11.8 Å². The maximum atomic E-state index is 12.1. The molecule has 4 aromatic rings. The Bertz CT molecular complexity index is 1270. The summed E-state index contributed by atoms with van der Waals surface area (Å²) in [6.45, 7) is 1.62. The predicted molar refractivity (Wildman–Crippen MR) is 115 cm³/mol. The highest BCUT2D eigenvalue weighted by Crippen LogP contribution is 2.22. The minimum atomic E-state index is -3.27. The van der Waals surface area contributed by atoms with Crippen LogP contribution in [0.2, 0.25) is 0 Å². The van der Waals surface area contributed by atoms with E-state index in [1.54, 1.807) is 37.3 Å². The van der Waals surface area contributed by atoms with Gasteiger partial charge in [-0.05, 0) is 36.4 Å². The Hall–Kier alpha value is -3.52. The topological polar surface area (TPSA) is 96.9 Å². The lowest BCUT2D eigenvalue weighted by Crippen LogP contribution is -2.04. The van der Waals surface area contributed by atoms with E-state index in [4.69, 9.17) is 0 Å². The van der Waals surface area contributed by atoms with Gasteiger partial charge in [0.25, 0.3) is 0 Å². The first-order valence-electron chi connectivity index (χ1n) is 9.08. The third-order valence-electron chi connectivity index (χ3n) is 4.37. The molecule has 7 nitrogen and oxygen atoms in total. The number of sulfone groups is 1. The Morgan fingerprint density at radius 1 is 0.828 bits per heavy atom. The highest BCUT2D eigenvalue weighted by atomic mass is 32.2. The van der Waals surface area contributed by atoms with Gasteiger partial charge in [-0.15, -0.1) is 0 Å². The first kappa shape index (κ1) is 18.8. The maximum Gasteiger partial charge on any atom is 0.178 e. The van der Waals surface area contributed by atoms with E-state index in [0.29, 0.717) is 23.1 Å². The van der Waals surface area contributed by atoms with Gasteiger partial charge in [-0.3, -0.25) is 0 Å². The van der Waals surface area contributed by atoms with Gasteiger partial charge in [-0.25, -0.2) is 23.4 Å². The molecule has 146 valence electrons. The lowest BCUT2D eigenvalue weighted by molar-refractivity contribution is 0.597. The van der Waals surface area contributed by atoms with Crippen LogP contribution in [0, 0.1) is 0 Å². The summed E-state index contributed by atoms with van der Waals surface area (Å²) in [6, 6.07) is 20.1. The molecule has 0 unspecified atom stereocenters. The number of anilines is 4. The van der Waals surface area contributed by atoms with Crippen LogP contribution in [0.1, 0.15) is 6.92 Å². The molecule has 0 aliphatic rings. The van der Waals surface area contributed by atoms with Crippen LogP contribution in [0.25, 0.3) is 10.9 Å². The lowest BCUT2D eigenvalue weighted by Gasteiger charge is -2.10. The molecule has 0 fully saturated rings. The van der Waals surface area contributed by atoms with E-state index in [2.05, 4.69) is 25.6 Å². The fraction of sp³-hybridized carbons (Fsp3) is 0.0952. The Labute approximate surface area is 168 Å². The summed E-state index contributed by atoms with van der Waals surface area (Å²) in [7, 11) is -3.27. The van der Waals surface area contributed by atoms with Crippen molar-refractivity contribution >= 4 is 43.9 Å². The van der Waals surface area contributed by atoms with Gasteiger partial charge in [0.1, 0.15) is 23.8 Å². The third-order valence-corrected chi connectivity index (χ3v) is 6.10. The summed E-state index contributed by atoms with van der Waals surface area (Å²) in [5.74, 6) is 1.83. The highest BCUT2D eigenvalue weighted by Gasteiger charge is 2.12. The largest absolute Gasteiger partial charge is 0.340 e. The van der Waals surface area contributed by atoms with Gasteiger partial charge in [0.15, 0.2) is 9.84 Å². The van der Waals surface area contributed by atoms with Crippen molar-refractivity contribution in [2.24, 2.45) is 0 Å². The van der Waals surface area contributed by atoms with E-state index >= 15 is 0 Å². The molecule has 0 amide bonds. The molecule has 8 heteroatoms. The molecule has 0 aliphatic carbocycles. The van der Waals surface area contributed by atoms with E-state index in [1.165, 1.54) is 6.33 Å². The zero-order valence-electron chi connectivity index (χ0n) is 15.7. The Morgan fingerprint density at radius 3 is 2.45 bits per heavy atom. The van der Waals surface area contributed by atoms with Gasteiger partial charge in [0, 0.05) is 17.1 Å². The maximum absolute atomic E-state index is 12.1. The fourth-order valence-corrected chi connectivity index (χ4v) is 3.77. The second-order valence-electron chi connectivity index (χ2n) is 6.36. The number of hydrogen-bond acceptors (Lipinski definition) is 7. The zero-order valence-corrected chi connectivity index (χ0v) is 16.5. The van der Waals surface area contributed by atoms with Gasteiger partial charge in [-0.2, -0.15) is 0 Å². The van der Waals surface area contributed by atoms with Crippen LogP contribution in [0.5, 0.6) is 0 Å². The molecule has 2 aromatic carbocycles. The van der Waals surface area contributed by atoms with E-state index < -0.39 is 9.84 Å². The van der Waals surface area contributed by atoms with Crippen molar-refractivity contribution in [1.82, 2.24) is 15.0 Å². The van der Waals surface area contributed by atoms with Crippen LogP contribution in [0.15, 0.2) is 78.0 Å². The number of pyridine rings is 1. The Balaban J connectivity index is 1.55. The summed E-state index contributed by atoms with van der Waals surface area (Å²) in [4.78, 5) is 13.3. The molecule has 0 saturated carbocycles. The van der Waals surface area contributed by atoms with Crippen molar-refractivity contribution in [3.63, 3.8) is 0 Å². The number of aromatic nitrogens is 3. The number of nitrogens with one attached hydrogen (secondary N) is 2. The highest BCUT2D eigenvalue weighted by molar-refractivity contribution is 7.91. The van der Waals surface area contributed by atoms with Crippen LogP contribution < -0.4 is 10.6 Å². The molecule has 0 spiro atoms. The summed E-state index contributed by atoms with van der Waals surface area (Å²) in [5, 5.41) is 7.35. The molecule has 2 aromatic heterocycles. The van der Waals surface area contributed by atoms with E-state index in [1.807, 2.05) is 36.4 Å². The van der Waals surface area contributed by atoms with Crippen molar-refractivity contribution in [1.29, 1.82) is 0 Å². The molecule has 29 heavy (non-hydrogen) atoms. The molecule has 0 saturated heterocycles. The van der Waals surface area contributed by atoms with E-state index in [0.717, 1.165) is 10.9 Å². The average molecular weight is 405 g/mol. The summed E-state index contributed by atoms with van der Waals surface area (Å²) >= 11 is 0. The van der Waals surface area contributed by atoms with Gasteiger partial charge < -0.3 is 10.6 Å². The molecule has 2 N–H and O–H groups in total. The SMILES string of the molecule is CCS(=O)(=O)c1cccc(Nc2cc(Nc3ccc4ccccc4n3)ncn2)c1. The van der Waals surface area contributed by atoms with Crippen molar-refractivity contribution in [3.8, 4) is 0 Å². The molecule has 0 radical (unpaired) electrons. The molecule has 0 bridgehead atoms. The van der Waals surface area contributed by atoms with Gasteiger partial charge in [0.05, 0.1) is 16.2 Å². The van der Waals surface area contributed by atoms with E-state index in [9.17, 15) is 8.42 Å². The van der Waals surface area contributed by atoms with Crippen molar-refractivity contribution in [3.05, 3.63) is 73.1 Å². The summed E-state index contributed by atoms with van der Waals surface area (Å²) in [6.07, 6.45) is 1.43. The molecule has 0 aliphatic heterocycles. The Morgan fingerprint density at radius 2 is 1.62 bits per heavy atom. The van der Waals surface area contributed by atoms with Crippen molar-refractivity contribution in [2.75, 3.05) is 16.4 Å². The number of fused-ring (bicyclic) bond motifs is 1. The second kappa shape index (κ2) is 7.84. The number of rotatable bonds is 6. The molecular weight excluding hydrogens is 386 g/mol. The van der Waals surface area contributed by atoms with E-state index in [-0.39, 0.29) is 10.6 Å². The van der Waals surface area contributed by atoms with Gasteiger partial charge >= 0.3 is 0 Å². The average Bonchev–Trinajstić information content (AvgIpc) is 2.74. The molecule has 4 rings (SSSR count). The minimum absolute atomic E-state index is 0.0524.